The van der Waals surface area contributed by atoms with Crippen molar-refractivity contribution in [3.63, 3.8) is 0 Å². The Balaban J connectivity index is 1.58. The average molecular weight is 424 g/mol. The zero-order valence-corrected chi connectivity index (χ0v) is 18.1. The third-order valence-corrected chi connectivity index (χ3v) is 5.53. The number of ether oxygens (including phenoxy) is 2. The predicted molar refractivity (Wildman–Crippen MR) is 118 cm³/mol. The molecule has 7 nitrogen and oxygen atoms in total. The minimum atomic E-state index is -0.595. The molecule has 1 aliphatic rings. The number of carbonyl (C=O) groups excluding carboxylic acids is 3. The smallest absolute Gasteiger partial charge is 0.311 e. The van der Waals surface area contributed by atoms with Gasteiger partial charge >= 0.3 is 5.97 Å². The van der Waals surface area contributed by atoms with Gasteiger partial charge in [-0.25, -0.2) is 0 Å². The summed E-state index contributed by atoms with van der Waals surface area (Å²) in [5.41, 5.74) is 2.47. The Morgan fingerprint density at radius 2 is 1.97 bits per heavy atom. The molecule has 1 N–H and O–H groups in total. The van der Waals surface area contributed by atoms with E-state index in [1.54, 1.807) is 29.2 Å². The average Bonchev–Trinajstić information content (AvgIpc) is 3.18. The largest absolute Gasteiger partial charge is 0.497 e. The maximum absolute atomic E-state index is 12.6. The van der Waals surface area contributed by atoms with E-state index in [0.29, 0.717) is 17.4 Å². The van der Waals surface area contributed by atoms with Gasteiger partial charge < -0.3 is 19.7 Å². The first-order chi connectivity index (χ1) is 14.9. The normalized spacial score (nSPS) is 16.7. The highest BCUT2D eigenvalue weighted by atomic mass is 16.5. The third-order valence-electron chi connectivity index (χ3n) is 5.53. The molecular weight excluding hydrogens is 396 g/mol. The molecule has 7 heteroatoms. The van der Waals surface area contributed by atoms with Crippen molar-refractivity contribution in [3.8, 4) is 5.75 Å². The standard InChI is InChI=1S/C24H28N2O5/c1-4-16(2)20-10-5-6-11-21(20)26-14-17(12-23(26)28)24(29)31-15-22(27)25-18-8-7-9-19(13-18)30-3/h5-11,13,16-17H,4,12,14-15H2,1-3H3,(H,25,27)/t16-,17-/m1/s1. The fourth-order valence-electron chi connectivity index (χ4n) is 3.62. The van der Waals surface area contributed by atoms with E-state index in [9.17, 15) is 14.4 Å². The van der Waals surface area contributed by atoms with E-state index in [1.807, 2.05) is 24.3 Å². The molecule has 0 spiro atoms. The molecule has 0 saturated carbocycles. The molecule has 0 unspecified atom stereocenters. The van der Waals surface area contributed by atoms with Gasteiger partial charge in [-0.3, -0.25) is 14.4 Å². The third kappa shape index (κ3) is 5.42. The molecule has 31 heavy (non-hydrogen) atoms. The van der Waals surface area contributed by atoms with Gasteiger partial charge in [0, 0.05) is 30.4 Å². The van der Waals surface area contributed by atoms with E-state index >= 15 is 0 Å². The number of nitrogens with zero attached hydrogens (tertiary/aromatic N) is 1. The van der Waals surface area contributed by atoms with Gasteiger partial charge in [-0.2, -0.15) is 0 Å². The second-order valence-corrected chi connectivity index (χ2v) is 7.66. The number of para-hydroxylation sites is 1. The lowest BCUT2D eigenvalue weighted by molar-refractivity contribution is -0.151. The SMILES string of the molecule is CC[C@@H](C)c1ccccc1N1C[C@H](C(=O)OCC(=O)Nc2cccc(OC)c2)CC1=O. The maximum atomic E-state index is 12.6. The summed E-state index contributed by atoms with van der Waals surface area (Å²) in [7, 11) is 1.54. The van der Waals surface area contributed by atoms with Crippen LogP contribution < -0.4 is 15.0 Å². The number of amides is 2. The first-order valence-corrected chi connectivity index (χ1v) is 10.4. The highest BCUT2D eigenvalue weighted by Gasteiger charge is 2.37. The van der Waals surface area contributed by atoms with E-state index in [1.165, 1.54) is 7.11 Å². The molecule has 1 fully saturated rings. The monoisotopic (exact) mass is 424 g/mol. The first-order valence-electron chi connectivity index (χ1n) is 10.4. The molecule has 1 saturated heterocycles. The topological polar surface area (TPSA) is 84.9 Å². The minimum absolute atomic E-state index is 0.0746. The summed E-state index contributed by atoms with van der Waals surface area (Å²) >= 11 is 0. The Morgan fingerprint density at radius 3 is 2.71 bits per heavy atom. The molecule has 2 aromatic rings. The summed E-state index contributed by atoms with van der Waals surface area (Å²) in [5.74, 6) is -0.796. The number of methoxy groups -OCH3 is 1. The lowest BCUT2D eigenvalue weighted by Gasteiger charge is -2.23. The predicted octanol–water partition coefficient (Wildman–Crippen LogP) is 3.74. The quantitative estimate of drug-likeness (QED) is 0.653. The van der Waals surface area contributed by atoms with Crippen LogP contribution >= 0.6 is 0 Å². The van der Waals surface area contributed by atoms with E-state index in [0.717, 1.165) is 17.7 Å². The lowest BCUT2D eigenvalue weighted by Crippen LogP contribution is -2.29. The molecule has 0 aliphatic carbocycles. The van der Waals surface area contributed by atoms with Crippen molar-refractivity contribution in [2.24, 2.45) is 5.92 Å². The van der Waals surface area contributed by atoms with E-state index in [2.05, 4.69) is 19.2 Å². The highest BCUT2D eigenvalue weighted by Crippen LogP contribution is 2.33. The van der Waals surface area contributed by atoms with Crippen LogP contribution in [0.2, 0.25) is 0 Å². The van der Waals surface area contributed by atoms with Gasteiger partial charge in [-0.05, 0) is 36.1 Å². The second-order valence-electron chi connectivity index (χ2n) is 7.66. The molecule has 0 bridgehead atoms. The molecule has 2 atom stereocenters. The number of nitrogens with one attached hydrogen (secondary N) is 1. The number of hydrogen-bond donors (Lipinski definition) is 1. The number of anilines is 2. The number of esters is 1. The lowest BCUT2D eigenvalue weighted by atomic mass is 9.96. The van der Waals surface area contributed by atoms with Crippen LogP contribution in [0.4, 0.5) is 11.4 Å². The molecule has 1 aliphatic heterocycles. The van der Waals surface area contributed by atoms with E-state index < -0.39 is 24.4 Å². The number of carbonyl (C=O) groups is 3. The number of hydrogen-bond acceptors (Lipinski definition) is 5. The molecule has 1 heterocycles. The van der Waals surface area contributed by atoms with Crippen molar-refractivity contribution in [2.45, 2.75) is 32.6 Å². The number of rotatable bonds is 8. The van der Waals surface area contributed by atoms with Crippen molar-refractivity contribution < 1.29 is 23.9 Å². The van der Waals surface area contributed by atoms with Crippen LogP contribution in [0.1, 0.15) is 38.2 Å². The van der Waals surface area contributed by atoms with Gasteiger partial charge in [0.1, 0.15) is 5.75 Å². The summed E-state index contributed by atoms with van der Waals surface area (Å²) in [6.45, 7) is 4.06. The van der Waals surface area contributed by atoms with Crippen molar-refractivity contribution in [1.82, 2.24) is 0 Å². The van der Waals surface area contributed by atoms with Gasteiger partial charge in [-0.15, -0.1) is 0 Å². The van der Waals surface area contributed by atoms with Gasteiger partial charge in [0.2, 0.25) is 5.91 Å². The molecular formula is C24H28N2O5. The summed E-state index contributed by atoms with van der Waals surface area (Å²) < 4.78 is 10.3. The van der Waals surface area contributed by atoms with Crippen LogP contribution in [0.25, 0.3) is 0 Å². The van der Waals surface area contributed by atoms with Crippen molar-refractivity contribution in [3.05, 3.63) is 54.1 Å². The van der Waals surface area contributed by atoms with Crippen molar-refractivity contribution in [1.29, 1.82) is 0 Å². The van der Waals surface area contributed by atoms with Gasteiger partial charge in [0.25, 0.3) is 5.91 Å². The fraction of sp³-hybridized carbons (Fsp3) is 0.375. The van der Waals surface area contributed by atoms with Crippen LogP contribution in [0.5, 0.6) is 5.75 Å². The molecule has 2 amide bonds. The van der Waals surface area contributed by atoms with Crippen LogP contribution in [-0.4, -0.2) is 38.0 Å². The molecule has 164 valence electrons. The Morgan fingerprint density at radius 1 is 1.19 bits per heavy atom. The van der Waals surface area contributed by atoms with Crippen LogP contribution in [0, 0.1) is 5.92 Å². The molecule has 0 aromatic heterocycles. The minimum Gasteiger partial charge on any atom is -0.497 e. The maximum Gasteiger partial charge on any atom is 0.311 e. The Bertz CT molecular complexity index is 958. The zero-order chi connectivity index (χ0) is 22.4. The zero-order valence-electron chi connectivity index (χ0n) is 18.1. The second kappa shape index (κ2) is 10.1. The van der Waals surface area contributed by atoms with Crippen molar-refractivity contribution >= 4 is 29.2 Å². The van der Waals surface area contributed by atoms with Crippen LogP contribution in [0.3, 0.4) is 0 Å². The van der Waals surface area contributed by atoms with Crippen LogP contribution in [0.15, 0.2) is 48.5 Å². The summed E-state index contributed by atoms with van der Waals surface area (Å²) in [6, 6.07) is 14.7. The molecule has 3 rings (SSSR count). The van der Waals surface area contributed by atoms with Gasteiger partial charge in [0.15, 0.2) is 6.61 Å². The van der Waals surface area contributed by atoms with Crippen molar-refractivity contribution in [2.75, 3.05) is 30.5 Å². The first kappa shape index (κ1) is 22.3. The summed E-state index contributed by atoms with van der Waals surface area (Å²) in [4.78, 5) is 38.9. The van der Waals surface area contributed by atoms with E-state index in [4.69, 9.17) is 9.47 Å². The van der Waals surface area contributed by atoms with E-state index in [-0.39, 0.29) is 18.9 Å². The van der Waals surface area contributed by atoms with Gasteiger partial charge in [-0.1, -0.05) is 38.1 Å². The summed E-state index contributed by atoms with van der Waals surface area (Å²) in [5, 5.41) is 2.66. The summed E-state index contributed by atoms with van der Waals surface area (Å²) in [6.07, 6.45) is 1.03. The Labute approximate surface area is 182 Å². The molecule has 2 aromatic carbocycles. The van der Waals surface area contributed by atoms with Gasteiger partial charge in [0.05, 0.1) is 13.0 Å². The molecule has 0 radical (unpaired) electrons. The Hall–Kier alpha value is -3.35. The van der Waals surface area contributed by atoms with Crippen LogP contribution in [-0.2, 0) is 19.1 Å². The fourth-order valence-corrected chi connectivity index (χ4v) is 3.62. The Kier molecular flexibility index (Phi) is 7.28. The highest BCUT2D eigenvalue weighted by molar-refractivity contribution is 6.00. The number of benzene rings is 2.